The van der Waals surface area contributed by atoms with Crippen LogP contribution in [0.4, 0.5) is 5.69 Å². The maximum atomic E-state index is 11.7. The van der Waals surface area contributed by atoms with E-state index in [4.69, 9.17) is 17.0 Å². The number of amides is 1. The second kappa shape index (κ2) is 10.6. The van der Waals surface area contributed by atoms with Crippen LogP contribution in [-0.4, -0.2) is 42.1 Å². The smallest absolute Gasteiger partial charge is 0.224 e. The summed E-state index contributed by atoms with van der Waals surface area (Å²) in [6.45, 7) is 4.78. The van der Waals surface area contributed by atoms with Crippen molar-refractivity contribution < 1.29 is 14.6 Å². The number of hydrogen-bond donors (Lipinski definition) is 4. The third kappa shape index (κ3) is 6.93. The molecule has 1 amide bonds. The van der Waals surface area contributed by atoms with E-state index in [1.54, 1.807) is 26.2 Å². The number of rotatable bonds is 8. The summed E-state index contributed by atoms with van der Waals surface area (Å²) < 4.78 is 4.91. The summed E-state index contributed by atoms with van der Waals surface area (Å²) in [4.78, 5) is 11.7. The Morgan fingerprint density at radius 3 is 2.83 bits per heavy atom. The Morgan fingerprint density at radius 2 is 2.17 bits per heavy atom. The number of ether oxygens (including phenoxy) is 1. The third-order valence-corrected chi connectivity index (χ3v) is 3.30. The van der Waals surface area contributed by atoms with Gasteiger partial charge in [-0.2, -0.15) is 5.10 Å². The molecule has 0 atom stereocenters. The Bertz CT molecular complexity index is 605. The van der Waals surface area contributed by atoms with Crippen LogP contribution in [0.1, 0.15) is 32.3 Å². The molecule has 0 aliphatic rings. The Kier molecular flexibility index (Phi) is 8.74. The van der Waals surface area contributed by atoms with Gasteiger partial charge in [0.2, 0.25) is 5.91 Å². The van der Waals surface area contributed by atoms with E-state index in [2.05, 4.69) is 21.2 Å². The summed E-state index contributed by atoms with van der Waals surface area (Å²) in [6, 6.07) is 4.83. The third-order valence-electron chi connectivity index (χ3n) is 3.06. The highest BCUT2D eigenvalue weighted by atomic mass is 32.1. The van der Waals surface area contributed by atoms with E-state index in [1.165, 1.54) is 6.07 Å². The Labute approximate surface area is 147 Å². The number of carbonyl (C=O) groups is 1. The first-order chi connectivity index (χ1) is 11.5. The second-order valence-corrected chi connectivity index (χ2v) is 5.50. The van der Waals surface area contributed by atoms with Crippen molar-refractivity contribution >= 4 is 34.6 Å². The van der Waals surface area contributed by atoms with Gasteiger partial charge in [0.1, 0.15) is 5.75 Å². The standard InChI is InChI=1S/C16H24N4O3S/c1-4-5-15(22)18-12-6-7-14(21)13(10-12)11(2)19-20-16(24)17-8-9-23-3/h6-7,10,21H,4-5,8-9H2,1-3H3,(H,18,22)(H2,17,20,24)/b19-11+. The highest BCUT2D eigenvalue weighted by Crippen LogP contribution is 2.22. The summed E-state index contributed by atoms with van der Waals surface area (Å²) in [5.74, 6) is 0.00942. The summed E-state index contributed by atoms with van der Waals surface area (Å²) in [5.41, 5.74) is 4.36. The lowest BCUT2D eigenvalue weighted by Gasteiger charge is -2.10. The number of nitrogens with zero attached hydrogens (tertiary/aromatic N) is 1. The van der Waals surface area contributed by atoms with Crippen molar-refractivity contribution in [2.24, 2.45) is 5.10 Å². The largest absolute Gasteiger partial charge is 0.507 e. The van der Waals surface area contributed by atoms with Crippen molar-refractivity contribution in [1.29, 1.82) is 0 Å². The van der Waals surface area contributed by atoms with Crippen LogP contribution in [0, 0.1) is 0 Å². The van der Waals surface area contributed by atoms with E-state index < -0.39 is 0 Å². The van der Waals surface area contributed by atoms with Crippen molar-refractivity contribution in [1.82, 2.24) is 10.7 Å². The number of phenolic OH excluding ortho intramolecular Hbond substituents is 1. The van der Waals surface area contributed by atoms with Crippen LogP contribution in [0.25, 0.3) is 0 Å². The molecule has 0 heterocycles. The summed E-state index contributed by atoms with van der Waals surface area (Å²) in [5, 5.41) is 20.2. The number of phenols is 1. The van der Waals surface area contributed by atoms with Crippen molar-refractivity contribution in [2.45, 2.75) is 26.7 Å². The molecular formula is C16H24N4O3S. The van der Waals surface area contributed by atoms with E-state index >= 15 is 0 Å². The minimum atomic E-state index is -0.0645. The molecule has 4 N–H and O–H groups in total. The molecule has 24 heavy (non-hydrogen) atoms. The van der Waals surface area contributed by atoms with Gasteiger partial charge >= 0.3 is 0 Å². The topological polar surface area (TPSA) is 95.0 Å². The van der Waals surface area contributed by atoms with Crippen LogP contribution >= 0.6 is 12.2 Å². The normalized spacial score (nSPS) is 11.0. The molecule has 1 aromatic rings. The summed E-state index contributed by atoms with van der Waals surface area (Å²) >= 11 is 5.08. The maximum Gasteiger partial charge on any atom is 0.224 e. The van der Waals surface area contributed by atoms with Gasteiger partial charge in [-0.1, -0.05) is 6.92 Å². The molecule has 8 heteroatoms. The maximum absolute atomic E-state index is 11.7. The van der Waals surface area contributed by atoms with E-state index in [0.29, 0.717) is 41.6 Å². The Morgan fingerprint density at radius 1 is 1.42 bits per heavy atom. The zero-order valence-corrected chi connectivity index (χ0v) is 15.0. The number of hydrogen-bond acceptors (Lipinski definition) is 5. The number of thiocarbonyl (C=S) groups is 1. The van der Waals surface area contributed by atoms with Crippen LogP contribution < -0.4 is 16.1 Å². The highest BCUT2D eigenvalue weighted by molar-refractivity contribution is 7.80. The molecular weight excluding hydrogens is 328 g/mol. The van der Waals surface area contributed by atoms with Crippen molar-refractivity contribution in [3.8, 4) is 5.75 Å². The molecule has 0 saturated carbocycles. The molecule has 0 radical (unpaired) electrons. The molecule has 0 bridgehead atoms. The van der Waals surface area contributed by atoms with Gasteiger partial charge in [-0.15, -0.1) is 0 Å². The van der Waals surface area contributed by atoms with E-state index in [9.17, 15) is 9.90 Å². The lowest BCUT2D eigenvalue weighted by molar-refractivity contribution is -0.116. The van der Waals surface area contributed by atoms with Crippen molar-refractivity contribution in [3.05, 3.63) is 23.8 Å². The predicted octanol–water partition coefficient (Wildman–Crippen LogP) is 1.97. The Balaban J connectivity index is 2.74. The molecule has 0 unspecified atom stereocenters. The molecule has 132 valence electrons. The molecule has 0 aliphatic heterocycles. The average Bonchev–Trinajstić information content (AvgIpc) is 2.55. The number of carbonyl (C=O) groups excluding carboxylic acids is 1. The molecule has 0 aromatic heterocycles. The fraction of sp³-hybridized carbons (Fsp3) is 0.438. The first-order valence-corrected chi connectivity index (χ1v) is 8.09. The number of benzene rings is 1. The van der Waals surface area contributed by atoms with E-state index in [0.717, 1.165) is 6.42 Å². The van der Waals surface area contributed by atoms with Crippen LogP contribution in [0.15, 0.2) is 23.3 Å². The monoisotopic (exact) mass is 352 g/mol. The van der Waals surface area contributed by atoms with Gasteiger partial charge < -0.3 is 20.5 Å². The Hall–Kier alpha value is -2.19. The second-order valence-electron chi connectivity index (χ2n) is 5.09. The fourth-order valence-corrected chi connectivity index (χ4v) is 2.00. The van der Waals surface area contributed by atoms with E-state index in [-0.39, 0.29) is 11.7 Å². The van der Waals surface area contributed by atoms with Gasteiger partial charge in [-0.05, 0) is 43.8 Å². The van der Waals surface area contributed by atoms with Gasteiger partial charge in [-0.3, -0.25) is 10.2 Å². The minimum Gasteiger partial charge on any atom is -0.507 e. The summed E-state index contributed by atoms with van der Waals surface area (Å²) in [6.07, 6.45) is 1.22. The van der Waals surface area contributed by atoms with Crippen LogP contribution in [0.3, 0.4) is 0 Å². The number of anilines is 1. The number of aromatic hydroxyl groups is 1. The van der Waals surface area contributed by atoms with Crippen LogP contribution in [0.2, 0.25) is 0 Å². The molecule has 1 aromatic carbocycles. The molecule has 0 fully saturated rings. The lowest BCUT2D eigenvalue weighted by Crippen LogP contribution is -2.34. The highest BCUT2D eigenvalue weighted by Gasteiger charge is 2.08. The van der Waals surface area contributed by atoms with Crippen molar-refractivity contribution in [2.75, 3.05) is 25.6 Å². The zero-order chi connectivity index (χ0) is 17.9. The van der Waals surface area contributed by atoms with Crippen LogP contribution in [-0.2, 0) is 9.53 Å². The average molecular weight is 352 g/mol. The molecule has 7 nitrogen and oxygen atoms in total. The van der Waals surface area contributed by atoms with Gasteiger partial charge in [0.05, 0.1) is 12.3 Å². The predicted molar refractivity (Wildman–Crippen MR) is 99.5 cm³/mol. The van der Waals surface area contributed by atoms with Gasteiger partial charge in [-0.25, -0.2) is 0 Å². The lowest BCUT2D eigenvalue weighted by atomic mass is 10.1. The van der Waals surface area contributed by atoms with Gasteiger partial charge in [0.25, 0.3) is 0 Å². The first-order valence-electron chi connectivity index (χ1n) is 7.68. The minimum absolute atomic E-state index is 0.0645. The number of methoxy groups -OCH3 is 1. The SMILES string of the molecule is CCCC(=O)Nc1ccc(O)c(/C(C)=N/NC(=S)NCCOC)c1. The first kappa shape index (κ1) is 19.9. The quantitative estimate of drug-likeness (QED) is 0.188. The van der Waals surface area contributed by atoms with Crippen molar-refractivity contribution in [3.63, 3.8) is 0 Å². The zero-order valence-electron chi connectivity index (χ0n) is 14.2. The van der Waals surface area contributed by atoms with Crippen LogP contribution in [0.5, 0.6) is 5.75 Å². The van der Waals surface area contributed by atoms with Gasteiger partial charge in [0, 0.05) is 31.3 Å². The molecule has 0 aliphatic carbocycles. The molecule has 0 saturated heterocycles. The summed E-state index contributed by atoms with van der Waals surface area (Å²) in [7, 11) is 1.61. The molecule has 1 rings (SSSR count). The fourth-order valence-electron chi connectivity index (χ4n) is 1.86. The number of nitrogens with one attached hydrogen (secondary N) is 3. The molecule has 0 spiro atoms. The number of hydrazone groups is 1. The van der Waals surface area contributed by atoms with Gasteiger partial charge in [0.15, 0.2) is 5.11 Å². The van der Waals surface area contributed by atoms with E-state index in [1.807, 2.05) is 6.92 Å².